The van der Waals surface area contributed by atoms with Crippen LogP contribution in [0.25, 0.3) is 0 Å². The van der Waals surface area contributed by atoms with Crippen molar-refractivity contribution in [2.75, 3.05) is 13.2 Å². The summed E-state index contributed by atoms with van der Waals surface area (Å²) >= 11 is 0. The van der Waals surface area contributed by atoms with Gasteiger partial charge in [0.2, 0.25) is 17.7 Å². The number of benzene rings is 1. The second-order valence-electron chi connectivity index (χ2n) is 9.95. The molecule has 10 nitrogen and oxygen atoms in total. The van der Waals surface area contributed by atoms with Crippen LogP contribution in [0.1, 0.15) is 70.2 Å². The van der Waals surface area contributed by atoms with E-state index in [2.05, 4.69) is 10.6 Å². The van der Waals surface area contributed by atoms with E-state index in [-0.39, 0.29) is 25.4 Å². The van der Waals surface area contributed by atoms with Gasteiger partial charge in [0.1, 0.15) is 17.7 Å². The van der Waals surface area contributed by atoms with Crippen molar-refractivity contribution in [1.29, 1.82) is 0 Å². The standard InChI is InChI=1S/C25H40N4O6/c1-15(2)27-22(32)21(18-13-16(3)12-17(4)14-18)29(10-11-30)23(33)19(8-9-20(26)31)28-24(34)35-25(5,6)7/h12-15,19,21,30H,8-11H2,1-7H3,(H2,26,31)(H,27,32)(H,28,34). The first-order valence-corrected chi connectivity index (χ1v) is 11.7. The lowest BCUT2D eigenvalue weighted by atomic mass is 9.97. The van der Waals surface area contributed by atoms with Crippen LogP contribution >= 0.6 is 0 Å². The molecule has 10 heteroatoms. The van der Waals surface area contributed by atoms with Crippen LogP contribution in [0.15, 0.2) is 18.2 Å². The van der Waals surface area contributed by atoms with E-state index >= 15 is 0 Å². The number of aliphatic hydroxyl groups is 1. The Labute approximate surface area is 207 Å². The van der Waals surface area contributed by atoms with E-state index < -0.39 is 48.1 Å². The number of nitrogens with zero attached hydrogens (tertiary/aromatic N) is 1. The lowest BCUT2D eigenvalue weighted by molar-refractivity contribution is -0.143. The summed E-state index contributed by atoms with van der Waals surface area (Å²) in [4.78, 5) is 52.2. The molecule has 0 fully saturated rings. The summed E-state index contributed by atoms with van der Waals surface area (Å²) < 4.78 is 5.28. The van der Waals surface area contributed by atoms with Gasteiger partial charge in [0.25, 0.3) is 0 Å². The summed E-state index contributed by atoms with van der Waals surface area (Å²) in [5.74, 6) is -1.72. The van der Waals surface area contributed by atoms with E-state index in [1.807, 2.05) is 19.9 Å². The van der Waals surface area contributed by atoms with Crippen molar-refractivity contribution in [3.63, 3.8) is 0 Å². The summed E-state index contributed by atoms with van der Waals surface area (Å²) in [6.45, 7) is 11.8. The molecule has 2 atom stereocenters. The molecule has 2 unspecified atom stereocenters. The van der Waals surface area contributed by atoms with Gasteiger partial charge in [0.05, 0.1) is 6.61 Å². The molecule has 0 aliphatic rings. The number of carbonyl (C=O) groups is 4. The van der Waals surface area contributed by atoms with Gasteiger partial charge in [-0.05, 0) is 60.5 Å². The van der Waals surface area contributed by atoms with Crippen LogP contribution in [0.2, 0.25) is 0 Å². The molecule has 0 saturated heterocycles. The second-order valence-corrected chi connectivity index (χ2v) is 9.95. The van der Waals surface area contributed by atoms with Gasteiger partial charge in [-0.25, -0.2) is 4.79 Å². The van der Waals surface area contributed by atoms with Crippen LogP contribution in [-0.2, 0) is 19.1 Å². The average Bonchev–Trinajstić information content (AvgIpc) is 2.67. The summed E-state index contributed by atoms with van der Waals surface area (Å²) in [5, 5.41) is 15.1. The molecule has 0 heterocycles. The minimum atomic E-state index is -1.20. The zero-order valence-corrected chi connectivity index (χ0v) is 21.8. The Bertz CT molecular complexity index is 889. The van der Waals surface area contributed by atoms with Gasteiger partial charge in [0.15, 0.2) is 0 Å². The highest BCUT2D eigenvalue weighted by Crippen LogP contribution is 2.25. The molecule has 1 aromatic rings. The van der Waals surface area contributed by atoms with Gasteiger partial charge < -0.3 is 31.1 Å². The number of alkyl carbamates (subject to hydrolysis) is 1. The Morgan fingerprint density at radius 1 is 1.06 bits per heavy atom. The molecule has 0 aromatic heterocycles. The Balaban J connectivity index is 3.48. The summed E-state index contributed by atoms with van der Waals surface area (Å²) in [7, 11) is 0. The first-order valence-electron chi connectivity index (χ1n) is 11.7. The van der Waals surface area contributed by atoms with Gasteiger partial charge in [0, 0.05) is 19.0 Å². The van der Waals surface area contributed by atoms with Crippen molar-refractivity contribution in [3.05, 3.63) is 34.9 Å². The van der Waals surface area contributed by atoms with Crippen LogP contribution in [0.5, 0.6) is 0 Å². The third kappa shape index (κ3) is 10.3. The Kier molecular flexibility index (Phi) is 11.2. The molecule has 4 amide bonds. The van der Waals surface area contributed by atoms with E-state index in [1.165, 1.54) is 4.90 Å². The van der Waals surface area contributed by atoms with E-state index in [0.717, 1.165) is 11.1 Å². The summed E-state index contributed by atoms with van der Waals surface area (Å²) in [6, 6.07) is 3.06. The van der Waals surface area contributed by atoms with Crippen molar-refractivity contribution >= 4 is 23.8 Å². The van der Waals surface area contributed by atoms with Crippen LogP contribution in [-0.4, -0.2) is 64.7 Å². The first-order chi connectivity index (χ1) is 16.1. The molecule has 1 rings (SSSR count). The second kappa shape index (κ2) is 13.1. The van der Waals surface area contributed by atoms with Crippen LogP contribution in [0.4, 0.5) is 4.79 Å². The number of nitrogens with one attached hydrogen (secondary N) is 2. The number of nitrogens with two attached hydrogens (primary N) is 1. The first kappa shape index (κ1) is 29.9. The molecule has 0 spiro atoms. The summed E-state index contributed by atoms with van der Waals surface area (Å²) in [6.07, 6.45) is -1.12. The van der Waals surface area contributed by atoms with Gasteiger partial charge in [-0.3, -0.25) is 14.4 Å². The number of aryl methyl sites for hydroxylation is 2. The lowest BCUT2D eigenvalue weighted by Gasteiger charge is -2.34. The minimum absolute atomic E-state index is 0.0965. The average molecular weight is 493 g/mol. The highest BCUT2D eigenvalue weighted by atomic mass is 16.6. The highest BCUT2D eigenvalue weighted by molar-refractivity contribution is 5.92. The third-order valence-corrected chi connectivity index (χ3v) is 4.84. The fourth-order valence-corrected chi connectivity index (χ4v) is 3.67. The molecule has 0 saturated carbocycles. The van der Waals surface area contributed by atoms with Gasteiger partial charge in [-0.15, -0.1) is 0 Å². The maximum Gasteiger partial charge on any atom is 0.408 e. The van der Waals surface area contributed by atoms with Gasteiger partial charge in [-0.1, -0.05) is 29.3 Å². The largest absolute Gasteiger partial charge is 0.444 e. The number of primary amides is 1. The van der Waals surface area contributed by atoms with Gasteiger partial charge in [-0.2, -0.15) is 0 Å². The summed E-state index contributed by atoms with van der Waals surface area (Å²) in [5.41, 5.74) is 6.83. The zero-order valence-electron chi connectivity index (χ0n) is 21.8. The predicted molar refractivity (Wildman–Crippen MR) is 132 cm³/mol. The van der Waals surface area contributed by atoms with Crippen molar-refractivity contribution in [3.8, 4) is 0 Å². The Hall–Kier alpha value is -3.14. The van der Waals surface area contributed by atoms with Crippen LogP contribution in [0, 0.1) is 13.8 Å². The van der Waals surface area contributed by atoms with Crippen molar-refractivity contribution in [1.82, 2.24) is 15.5 Å². The maximum atomic E-state index is 13.7. The fourth-order valence-electron chi connectivity index (χ4n) is 3.67. The number of carbonyl (C=O) groups excluding carboxylic acids is 4. The number of aliphatic hydroxyl groups excluding tert-OH is 1. The molecular weight excluding hydrogens is 452 g/mol. The lowest BCUT2D eigenvalue weighted by Crippen LogP contribution is -2.54. The maximum absolute atomic E-state index is 13.7. The fraction of sp³-hybridized carbons (Fsp3) is 0.600. The molecule has 0 bridgehead atoms. The van der Waals surface area contributed by atoms with Gasteiger partial charge >= 0.3 is 6.09 Å². The third-order valence-electron chi connectivity index (χ3n) is 4.84. The monoisotopic (exact) mass is 492 g/mol. The normalized spacial score (nSPS) is 13.1. The van der Waals surface area contributed by atoms with Crippen LogP contribution in [0.3, 0.4) is 0 Å². The molecule has 0 aliphatic carbocycles. The van der Waals surface area contributed by atoms with Crippen molar-refractivity contribution in [2.24, 2.45) is 5.73 Å². The number of hydrogen-bond donors (Lipinski definition) is 4. The van der Waals surface area contributed by atoms with Crippen molar-refractivity contribution in [2.45, 2.75) is 85.0 Å². The molecule has 196 valence electrons. The number of amides is 4. The number of rotatable bonds is 11. The quantitative estimate of drug-likeness (QED) is 0.370. The Morgan fingerprint density at radius 2 is 1.63 bits per heavy atom. The molecule has 0 aliphatic heterocycles. The SMILES string of the molecule is Cc1cc(C)cc(C(C(=O)NC(C)C)N(CCO)C(=O)C(CCC(N)=O)NC(=O)OC(C)(C)C)c1. The smallest absolute Gasteiger partial charge is 0.408 e. The highest BCUT2D eigenvalue weighted by Gasteiger charge is 2.36. The van der Waals surface area contributed by atoms with E-state index in [1.54, 1.807) is 46.8 Å². The predicted octanol–water partition coefficient (Wildman–Crippen LogP) is 1.85. The molecule has 35 heavy (non-hydrogen) atoms. The van der Waals surface area contributed by atoms with Crippen LogP contribution < -0.4 is 16.4 Å². The molecule has 0 radical (unpaired) electrons. The number of ether oxygens (including phenoxy) is 1. The van der Waals surface area contributed by atoms with E-state index in [0.29, 0.717) is 5.56 Å². The number of hydrogen-bond acceptors (Lipinski definition) is 6. The van der Waals surface area contributed by atoms with Crippen molar-refractivity contribution < 1.29 is 29.0 Å². The molecule has 5 N–H and O–H groups in total. The molecular formula is C25H40N4O6. The van der Waals surface area contributed by atoms with E-state index in [4.69, 9.17) is 10.5 Å². The Morgan fingerprint density at radius 3 is 2.09 bits per heavy atom. The topological polar surface area (TPSA) is 151 Å². The zero-order chi connectivity index (χ0) is 26.9. The minimum Gasteiger partial charge on any atom is -0.444 e. The molecule has 1 aromatic carbocycles. The van der Waals surface area contributed by atoms with E-state index in [9.17, 15) is 24.3 Å².